The van der Waals surface area contributed by atoms with Crippen molar-refractivity contribution in [3.8, 4) is 11.3 Å². The van der Waals surface area contributed by atoms with Gasteiger partial charge in [-0.05, 0) is 6.42 Å². The molecule has 0 atom stereocenters. The fourth-order valence-corrected chi connectivity index (χ4v) is 2.99. The molecular weight excluding hydrogens is 312 g/mol. The molecule has 0 unspecified atom stereocenters. The van der Waals surface area contributed by atoms with Crippen LogP contribution in [0.15, 0.2) is 50.9 Å². The predicted molar refractivity (Wildman–Crippen MR) is 89.3 cm³/mol. The average Bonchev–Trinajstić information content (AvgIpc) is 3.19. The smallest absolute Gasteiger partial charge is 0.343 e. The summed E-state index contributed by atoms with van der Waals surface area (Å²) in [5.41, 5.74) is 0.828. The molecular formula is C16H18N4O2S. The minimum atomic E-state index is -0.168. The van der Waals surface area contributed by atoms with Gasteiger partial charge in [0, 0.05) is 12.1 Å². The number of hydrogen-bond acceptors (Lipinski definition) is 5. The molecule has 0 fully saturated rings. The molecule has 0 aliphatic heterocycles. The molecule has 0 bridgehead atoms. The zero-order valence-corrected chi connectivity index (χ0v) is 13.7. The summed E-state index contributed by atoms with van der Waals surface area (Å²) in [7, 11) is 0. The van der Waals surface area contributed by atoms with Crippen LogP contribution in [0.25, 0.3) is 11.3 Å². The molecule has 120 valence electrons. The largest absolute Gasteiger partial charge is 0.440 e. The maximum atomic E-state index is 11.7. The van der Waals surface area contributed by atoms with Gasteiger partial charge in [0.15, 0.2) is 10.9 Å². The third-order valence-electron chi connectivity index (χ3n) is 3.40. The maximum absolute atomic E-state index is 11.7. The molecule has 23 heavy (non-hydrogen) atoms. The first-order chi connectivity index (χ1) is 11.3. The Labute approximate surface area is 137 Å². The van der Waals surface area contributed by atoms with Gasteiger partial charge in [0.25, 0.3) is 0 Å². The molecule has 0 radical (unpaired) electrons. The molecule has 0 aliphatic carbocycles. The lowest BCUT2D eigenvalue weighted by Gasteiger charge is -2.02. The fraction of sp³-hybridized carbons (Fsp3) is 0.312. The Hall–Kier alpha value is -2.28. The van der Waals surface area contributed by atoms with E-state index in [4.69, 9.17) is 4.42 Å². The molecule has 3 aromatic rings. The van der Waals surface area contributed by atoms with Gasteiger partial charge in [0.1, 0.15) is 0 Å². The van der Waals surface area contributed by atoms with Crippen LogP contribution in [0.3, 0.4) is 0 Å². The second-order valence-electron chi connectivity index (χ2n) is 5.09. The topological polar surface area (TPSA) is 76.7 Å². The van der Waals surface area contributed by atoms with Crippen molar-refractivity contribution in [3.05, 3.63) is 52.9 Å². The number of hydrogen-bond donors (Lipinski definition) is 1. The van der Waals surface area contributed by atoms with Crippen LogP contribution in [0.1, 0.15) is 25.7 Å². The van der Waals surface area contributed by atoms with Crippen molar-refractivity contribution < 1.29 is 4.42 Å². The molecule has 0 saturated heterocycles. The molecule has 2 heterocycles. The van der Waals surface area contributed by atoms with Crippen LogP contribution < -0.4 is 5.69 Å². The van der Waals surface area contributed by atoms with Crippen LogP contribution in [0, 0.1) is 0 Å². The normalized spacial score (nSPS) is 11.0. The minimum Gasteiger partial charge on any atom is -0.440 e. The van der Waals surface area contributed by atoms with Crippen molar-refractivity contribution in [2.75, 3.05) is 0 Å². The van der Waals surface area contributed by atoms with Gasteiger partial charge in [-0.2, -0.15) is 0 Å². The van der Waals surface area contributed by atoms with E-state index in [2.05, 4.69) is 22.1 Å². The molecule has 7 heteroatoms. The highest BCUT2D eigenvalue weighted by atomic mass is 32.2. The van der Waals surface area contributed by atoms with Gasteiger partial charge in [-0.25, -0.2) is 14.9 Å². The number of nitrogens with one attached hydrogen (secondary N) is 1. The van der Waals surface area contributed by atoms with Crippen LogP contribution in [-0.4, -0.2) is 19.7 Å². The number of unbranched alkanes of at least 4 members (excludes halogenated alkanes) is 1. The standard InChI is InChI=1S/C16H18N4O2S/c1-2-3-9-20-15(21)18-19-16(20)23-11-14-17-10-13(22-14)12-7-5-4-6-8-12/h4-8,10H,2-3,9,11H2,1H3,(H,18,21). The Kier molecular flexibility index (Phi) is 4.97. The summed E-state index contributed by atoms with van der Waals surface area (Å²) in [5, 5.41) is 7.24. The number of aromatic amines is 1. The average molecular weight is 330 g/mol. The Balaban J connectivity index is 1.68. The van der Waals surface area contributed by atoms with Crippen LogP contribution in [0.5, 0.6) is 0 Å². The van der Waals surface area contributed by atoms with Crippen molar-refractivity contribution in [3.63, 3.8) is 0 Å². The molecule has 2 aromatic heterocycles. The summed E-state index contributed by atoms with van der Waals surface area (Å²) in [6.45, 7) is 2.77. The Morgan fingerprint density at radius 2 is 2.13 bits per heavy atom. The van der Waals surface area contributed by atoms with E-state index < -0.39 is 0 Å². The maximum Gasteiger partial charge on any atom is 0.343 e. The lowest BCUT2D eigenvalue weighted by atomic mass is 10.2. The number of thioether (sulfide) groups is 1. The molecule has 1 aromatic carbocycles. The van der Waals surface area contributed by atoms with Gasteiger partial charge >= 0.3 is 5.69 Å². The molecule has 1 N–H and O–H groups in total. The van der Waals surface area contributed by atoms with Crippen molar-refractivity contribution in [2.45, 2.75) is 37.2 Å². The van der Waals surface area contributed by atoms with Crippen molar-refractivity contribution >= 4 is 11.8 Å². The molecule has 0 aliphatic rings. The van der Waals surface area contributed by atoms with Gasteiger partial charge in [0.2, 0.25) is 5.89 Å². The monoisotopic (exact) mass is 330 g/mol. The Bertz CT molecular complexity index is 807. The summed E-state index contributed by atoms with van der Waals surface area (Å²) in [6, 6.07) is 9.84. The number of benzene rings is 1. The number of H-pyrrole nitrogens is 1. The third-order valence-corrected chi connectivity index (χ3v) is 4.36. The van der Waals surface area contributed by atoms with E-state index in [1.165, 1.54) is 11.8 Å². The summed E-state index contributed by atoms with van der Waals surface area (Å²) >= 11 is 1.44. The highest BCUT2D eigenvalue weighted by Gasteiger charge is 2.11. The van der Waals surface area contributed by atoms with Crippen LogP contribution in [0.4, 0.5) is 0 Å². The third kappa shape index (κ3) is 3.73. The van der Waals surface area contributed by atoms with Gasteiger partial charge in [-0.1, -0.05) is 55.4 Å². The van der Waals surface area contributed by atoms with Gasteiger partial charge in [-0.3, -0.25) is 4.57 Å². The molecule has 6 nitrogen and oxygen atoms in total. The molecule has 0 amide bonds. The van der Waals surface area contributed by atoms with Crippen LogP contribution in [-0.2, 0) is 12.3 Å². The first-order valence-corrected chi connectivity index (χ1v) is 8.54. The quantitative estimate of drug-likeness (QED) is 0.673. The van der Waals surface area contributed by atoms with E-state index in [-0.39, 0.29) is 5.69 Å². The van der Waals surface area contributed by atoms with E-state index >= 15 is 0 Å². The van der Waals surface area contributed by atoms with E-state index in [1.807, 2.05) is 30.3 Å². The highest BCUT2D eigenvalue weighted by Crippen LogP contribution is 2.24. The second-order valence-corrected chi connectivity index (χ2v) is 6.03. The Morgan fingerprint density at radius 3 is 2.91 bits per heavy atom. The van der Waals surface area contributed by atoms with Crippen molar-refractivity contribution in [1.29, 1.82) is 0 Å². The van der Waals surface area contributed by atoms with E-state index in [0.717, 1.165) is 24.2 Å². The van der Waals surface area contributed by atoms with Gasteiger partial charge in [-0.15, -0.1) is 5.10 Å². The van der Waals surface area contributed by atoms with Crippen LogP contribution >= 0.6 is 11.8 Å². The summed E-state index contributed by atoms with van der Waals surface area (Å²) in [6.07, 6.45) is 3.70. The zero-order valence-electron chi connectivity index (χ0n) is 12.9. The lowest BCUT2D eigenvalue weighted by molar-refractivity contribution is 0.528. The van der Waals surface area contributed by atoms with Gasteiger partial charge in [0.05, 0.1) is 11.9 Å². The SMILES string of the molecule is CCCCn1c(SCc2ncc(-c3ccccc3)o2)n[nH]c1=O. The summed E-state index contributed by atoms with van der Waals surface area (Å²) < 4.78 is 7.42. The van der Waals surface area contributed by atoms with E-state index in [9.17, 15) is 4.79 Å². The number of aromatic nitrogens is 4. The van der Waals surface area contributed by atoms with E-state index in [0.29, 0.717) is 23.3 Å². The van der Waals surface area contributed by atoms with Crippen molar-refractivity contribution in [1.82, 2.24) is 19.7 Å². The van der Waals surface area contributed by atoms with Crippen LogP contribution in [0.2, 0.25) is 0 Å². The minimum absolute atomic E-state index is 0.168. The zero-order chi connectivity index (χ0) is 16.1. The summed E-state index contributed by atoms with van der Waals surface area (Å²) in [5.74, 6) is 1.89. The first kappa shape index (κ1) is 15.6. The molecule has 0 spiro atoms. The molecule has 0 saturated carbocycles. The second kappa shape index (κ2) is 7.32. The molecule has 3 rings (SSSR count). The summed E-state index contributed by atoms with van der Waals surface area (Å²) in [4.78, 5) is 16.0. The van der Waals surface area contributed by atoms with Crippen molar-refractivity contribution in [2.24, 2.45) is 0 Å². The van der Waals surface area contributed by atoms with E-state index in [1.54, 1.807) is 10.8 Å². The fourth-order valence-electron chi connectivity index (χ4n) is 2.17. The number of nitrogens with zero attached hydrogens (tertiary/aromatic N) is 3. The number of rotatable bonds is 7. The lowest BCUT2D eigenvalue weighted by Crippen LogP contribution is -2.17. The number of oxazole rings is 1. The van der Waals surface area contributed by atoms with Gasteiger partial charge < -0.3 is 4.42 Å². The first-order valence-electron chi connectivity index (χ1n) is 7.56. The highest BCUT2D eigenvalue weighted by molar-refractivity contribution is 7.98. The predicted octanol–water partition coefficient (Wildman–Crippen LogP) is 3.32. The Morgan fingerprint density at radius 1 is 1.30 bits per heavy atom.